The average Bonchev–Trinajstić information content (AvgIpc) is 3.43. The van der Waals surface area contributed by atoms with E-state index in [2.05, 4.69) is 25.9 Å². The maximum atomic E-state index is 12.4. The monoisotopic (exact) mass is 501 g/mol. The second-order valence-electron chi connectivity index (χ2n) is 10.1. The van der Waals surface area contributed by atoms with Gasteiger partial charge in [0.2, 0.25) is 5.91 Å². The zero-order chi connectivity index (χ0) is 24.3. The smallest absolute Gasteiger partial charge is 0.228 e. The van der Waals surface area contributed by atoms with Gasteiger partial charge in [0.25, 0.3) is 0 Å². The predicted molar refractivity (Wildman–Crippen MR) is 135 cm³/mol. The van der Waals surface area contributed by atoms with E-state index < -0.39 is 0 Å². The molecule has 7 rings (SSSR count). The van der Waals surface area contributed by atoms with E-state index in [0.29, 0.717) is 24.6 Å². The average molecular weight is 502 g/mol. The number of hydrogen-bond donors (Lipinski definition) is 1. The number of amides is 1. The minimum atomic E-state index is 0.0489. The molecule has 3 aromatic heterocycles. The Morgan fingerprint density at radius 3 is 2.78 bits per heavy atom. The minimum Gasteiger partial charge on any atom is -0.486 e. The molecular formula is C26H27N7O2S. The van der Waals surface area contributed by atoms with Crippen LogP contribution in [0, 0.1) is 5.41 Å². The summed E-state index contributed by atoms with van der Waals surface area (Å²) in [7, 11) is 0. The molecule has 1 spiro atoms. The molecule has 0 radical (unpaired) electrons. The molecule has 1 unspecified atom stereocenters. The minimum absolute atomic E-state index is 0.0489. The van der Waals surface area contributed by atoms with Crippen molar-refractivity contribution in [2.45, 2.75) is 54.1 Å². The normalized spacial score (nSPS) is 23.9. The molecule has 4 aliphatic rings. The summed E-state index contributed by atoms with van der Waals surface area (Å²) in [5.74, 6) is 2.28. The molecule has 6 heterocycles. The molecule has 3 aromatic rings. The number of nitrogens with zero attached hydrogens (tertiary/aromatic N) is 6. The van der Waals surface area contributed by atoms with Crippen molar-refractivity contribution in [2.24, 2.45) is 11.1 Å². The number of hydrogen-bond acceptors (Lipinski definition) is 9. The van der Waals surface area contributed by atoms with Crippen LogP contribution in [0.1, 0.15) is 43.0 Å². The third-order valence-electron chi connectivity index (χ3n) is 8.18. The van der Waals surface area contributed by atoms with Gasteiger partial charge in [0.1, 0.15) is 17.5 Å². The van der Waals surface area contributed by atoms with Gasteiger partial charge < -0.3 is 15.4 Å². The van der Waals surface area contributed by atoms with Crippen LogP contribution in [0.5, 0.6) is 5.75 Å². The van der Waals surface area contributed by atoms with Crippen LogP contribution < -0.4 is 20.3 Å². The number of carbonyl (C=O) groups is 1. The van der Waals surface area contributed by atoms with Crippen LogP contribution in [-0.2, 0) is 11.2 Å². The first-order valence-corrected chi connectivity index (χ1v) is 13.3. The van der Waals surface area contributed by atoms with Gasteiger partial charge in [0.15, 0.2) is 11.6 Å². The largest absolute Gasteiger partial charge is 0.486 e. The number of piperidine rings is 1. The molecule has 0 bridgehead atoms. The summed E-state index contributed by atoms with van der Waals surface area (Å²) < 4.78 is 6.04. The van der Waals surface area contributed by atoms with Crippen LogP contribution in [0.4, 0.5) is 11.6 Å². The van der Waals surface area contributed by atoms with Gasteiger partial charge in [0, 0.05) is 43.6 Å². The van der Waals surface area contributed by atoms with Crippen LogP contribution in [0.15, 0.2) is 52.9 Å². The zero-order valence-corrected chi connectivity index (χ0v) is 20.7. The Kier molecular flexibility index (Phi) is 5.14. The van der Waals surface area contributed by atoms with Gasteiger partial charge in [-0.3, -0.25) is 14.7 Å². The van der Waals surface area contributed by atoms with Crippen molar-refractivity contribution < 1.29 is 9.53 Å². The van der Waals surface area contributed by atoms with E-state index in [-0.39, 0.29) is 23.4 Å². The number of pyridine rings is 2. The molecule has 10 heteroatoms. The van der Waals surface area contributed by atoms with Gasteiger partial charge in [-0.2, -0.15) is 0 Å². The maximum Gasteiger partial charge on any atom is 0.228 e. The first-order chi connectivity index (χ1) is 17.6. The van der Waals surface area contributed by atoms with Gasteiger partial charge >= 0.3 is 0 Å². The zero-order valence-electron chi connectivity index (χ0n) is 19.8. The summed E-state index contributed by atoms with van der Waals surface area (Å²) in [5.41, 5.74) is 9.15. The Hall–Kier alpha value is -3.24. The van der Waals surface area contributed by atoms with Gasteiger partial charge in [0.05, 0.1) is 23.3 Å². The number of nitrogens with two attached hydrogens (primary N) is 1. The highest BCUT2D eigenvalue weighted by Gasteiger charge is 2.46. The van der Waals surface area contributed by atoms with Crippen molar-refractivity contribution in [3.8, 4) is 5.75 Å². The van der Waals surface area contributed by atoms with Crippen molar-refractivity contribution in [3.63, 3.8) is 0 Å². The highest BCUT2D eigenvalue weighted by Crippen LogP contribution is 2.50. The molecule has 9 nitrogen and oxygen atoms in total. The van der Waals surface area contributed by atoms with Crippen molar-refractivity contribution in [3.05, 3.63) is 54.2 Å². The highest BCUT2D eigenvalue weighted by atomic mass is 32.2. The summed E-state index contributed by atoms with van der Waals surface area (Å²) in [6, 6.07) is 6.15. The second-order valence-corrected chi connectivity index (χ2v) is 11.1. The van der Waals surface area contributed by atoms with Gasteiger partial charge in [-0.05, 0) is 48.8 Å². The Morgan fingerprint density at radius 1 is 1.08 bits per heavy atom. The third kappa shape index (κ3) is 3.46. The standard InChI is InChI=1S/C26H27N7O2S/c27-24-17-2-1-8-28-18(17)12-26(24)6-10-32(11-7-26)20-13-31-21(14-30-20)36-19-5-9-29-25-23(19)35-15-16-3-4-22(34)33(16)25/h1-2,5,8-9,13-14,16,24H,3-4,6-7,10-12,15,27H2/t16?,24-/m1/s1. The molecule has 0 aromatic carbocycles. The van der Waals surface area contributed by atoms with Crippen molar-refractivity contribution in [2.75, 3.05) is 29.5 Å². The lowest BCUT2D eigenvalue weighted by molar-refractivity contribution is -0.117. The molecule has 1 amide bonds. The first-order valence-electron chi connectivity index (χ1n) is 12.5. The van der Waals surface area contributed by atoms with Crippen LogP contribution >= 0.6 is 11.8 Å². The summed E-state index contributed by atoms with van der Waals surface area (Å²) in [6.45, 7) is 2.31. The van der Waals surface area contributed by atoms with E-state index in [1.807, 2.05) is 30.7 Å². The lowest BCUT2D eigenvalue weighted by atomic mass is 9.73. The molecule has 36 heavy (non-hydrogen) atoms. The maximum absolute atomic E-state index is 12.4. The number of aromatic nitrogens is 4. The number of carbonyl (C=O) groups excluding carboxylic acids is 1. The van der Waals surface area contributed by atoms with E-state index in [1.54, 1.807) is 11.1 Å². The topological polar surface area (TPSA) is 110 Å². The van der Waals surface area contributed by atoms with Gasteiger partial charge in [-0.1, -0.05) is 17.8 Å². The molecule has 1 aliphatic carbocycles. The highest BCUT2D eigenvalue weighted by molar-refractivity contribution is 7.99. The number of anilines is 2. The summed E-state index contributed by atoms with van der Waals surface area (Å²) in [4.78, 5) is 35.8. The quantitative estimate of drug-likeness (QED) is 0.579. The Bertz CT molecular complexity index is 1330. The van der Waals surface area contributed by atoms with E-state index in [9.17, 15) is 4.79 Å². The Morgan fingerprint density at radius 2 is 1.97 bits per heavy atom. The van der Waals surface area contributed by atoms with E-state index in [1.165, 1.54) is 17.3 Å². The SMILES string of the molecule is N[C@@H]1c2cccnc2CC12CCN(c1cnc(Sc3ccnc4c3OCC3CCC(=O)N43)cn1)CC2. The Labute approximate surface area is 213 Å². The molecule has 2 N–H and O–H groups in total. The number of fused-ring (bicyclic) bond motifs is 4. The fourth-order valence-corrected chi connectivity index (χ4v) is 6.95. The van der Waals surface area contributed by atoms with E-state index in [0.717, 1.165) is 60.2 Å². The summed E-state index contributed by atoms with van der Waals surface area (Å²) in [5, 5.41) is 0.776. The van der Waals surface area contributed by atoms with Crippen molar-refractivity contribution in [1.82, 2.24) is 19.9 Å². The first kappa shape index (κ1) is 22.0. The van der Waals surface area contributed by atoms with Crippen LogP contribution in [-0.4, -0.2) is 51.6 Å². The molecule has 2 atom stereocenters. The van der Waals surface area contributed by atoms with Crippen LogP contribution in [0.2, 0.25) is 0 Å². The van der Waals surface area contributed by atoms with Crippen LogP contribution in [0.3, 0.4) is 0 Å². The summed E-state index contributed by atoms with van der Waals surface area (Å²) >= 11 is 1.48. The van der Waals surface area contributed by atoms with E-state index in [4.69, 9.17) is 15.5 Å². The Balaban J connectivity index is 1.04. The van der Waals surface area contributed by atoms with Gasteiger partial charge in [-0.15, -0.1) is 0 Å². The molecule has 3 aliphatic heterocycles. The van der Waals surface area contributed by atoms with Crippen LogP contribution in [0.25, 0.3) is 0 Å². The fraction of sp³-hybridized carbons (Fsp3) is 0.423. The van der Waals surface area contributed by atoms with E-state index >= 15 is 0 Å². The van der Waals surface area contributed by atoms with Gasteiger partial charge in [-0.25, -0.2) is 15.0 Å². The van der Waals surface area contributed by atoms with Crippen molar-refractivity contribution in [1.29, 1.82) is 0 Å². The lowest BCUT2D eigenvalue weighted by Crippen LogP contribution is -2.44. The third-order valence-corrected chi connectivity index (χ3v) is 9.14. The van der Waals surface area contributed by atoms with Crippen molar-refractivity contribution >= 4 is 29.3 Å². The molecule has 0 saturated carbocycles. The molecule has 2 saturated heterocycles. The molecule has 2 fully saturated rings. The predicted octanol–water partition coefficient (Wildman–Crippen LogP) is 3.15. The summed E-state index contributed by atoms with van der Waals surface area (Å²) in [6.07, 6.45) is 11.6. The number of ether oxygens (including phenoxy) is 1. The molecular weight excluding hydrogens is 474 g/mol. The second kappa shape index (κ2) is 8.41. The molecule has 184 valence electrons. The number of rotatable bonds is 3. The fourth-order valence-electron chi connectivity index (χ4n) is 6.14. The lowest BCUT2D eigenvalue weighted by Gasteiger charge is -2.42.